The molecule has 1 aromatic rings. The van der Waals surface area contributed by atoms with Gasteiger partial charge in [-0.2, -0.15) is 10.4 Å². The summed E-state index contributed by atoms with van der Waals surface area (Å²) in [5, 5.41) is 14.5. The van der Waals surface area contributed by atoms with Crippen LogP contribution in [-0.4, -0.2) is 25.2 Å². The van der Waals surface area contributed by atoms with Crippen molar-refractivity contribution in [1.29, 1.82) is 5.26 Å². The number of hydrogen-bond donors (Lipinski definition) is 2. The van der Waals surface area contributed by atoms with Gasteiger partial charge < -0.3 is 0 Å². The lowest BCUT2D eigenvalue weighted by Crippen LogP contribution is -2.25. The van der Waals surface area contributed by atoms with Crippen LogP contribution in [0.25, 0.3) is 0 Å². The van der Waals surface area contributed by atoms with Crippen molar-refractivity contribution in [2.45, 2.75) is 24.7 Å². The second kappa shape index (κ2) is 4.91. The molecular formula is C8H12N4O2S. The van der Waals surface area contributed by atoms with E-state index in [1.165, 1.54) is 6.20 Å². The standard InChI is InChI=1S/C8H12N4O2S/c1-7-8(6-10-12-7)15(13,14)11-5-3-2-4-9/h6,11H,2-3,5H2,1H3,(H,10,12). The smallest absolute Gasteiger partial charge is 0.243 e. The minimum Gasteiger partial charge on any atom is -0.281 e. The Labute approximate surface area is 88.4 Å². The number of nitrogens with one attached hydrogen (secondary N) is 2. The molecule has 0 bridgehead atoms. The van der Waals surface area contributed by atoms with Crippen LogP contribution in [0.4, 0.5) is 0 Å². The van der Waals surface area contributed by atoms with Crippen LogP contribution >= 0.6 is 0 Å². The van der Waals surface area contributed by atoms with Crippen molar-refractivity contribution in [3.05, 3.63) is 11.9 Å². The molecule has 0 aliphatic heterocycles. The zero-order valence-electron chi connectivity index (χ0n) is 8.32. The SMILES string of the molecule is Cc1[nH]ncc1S(=O)(=O)NCCCC#N. The fraction of sp³-hybridized carbons (Fsp3) is 0.500. The monoisotopic (exact) mass is 228 g/mol. The predicted octanol–water partition coefficient (Wildman–Crippen LogP) is 0.300. The maximum Gasteiger partial charge on any atom is 0.243 e. The first-order chi connectivity index (χ1) is 7.08. The second-order valence-corrected chi connectivity index (χ2v) is 4.75. The van der Waals surface area contributed by atoms with Crippen molar-refractivity contribution in [1.82, 2.24) is 14.9 Å². The predicted molar refractivity (Wildman–Crippen MR) is 53.4 cm³/mol. The van der Waals surface area contributed by atoms with Gasteiger partial charge in [0.25, 0.3) is 0 Å². The summed E-state index contributed by atoms with van der Waals surface area (Å²) in [6, 6.07) is 1.95. The third-order valence-corrected chi connectivity index (χ3v) is 3.41. The van der Waals surface area contributed by atoms with E-state index in [9.17, 15) is 8.42 Å². The van der Waals surface area contributed by atoms with E-state index in [1.54, 1.807) is 6.92 Å². The fourth-order valence-corrected chi connectivity index (χ4v) is 2.27. The van der Waals surface area contributed by atoms with Crippen LogP contribution in [0.5, 0.6) is 0 Å². The summed E-state index contributed by atoms with van der Waals surface area (Å²) in [5.41, 5.74) is 0.503. The molecule has 82 valence electrons. The van der Waals surface area contributed by atoms with Gasteiger partial charge in [0.15, 0.2) is 0 Å². The van der Waals surface area contributed by atoms with E-state index >= 15 is 0 Å². The topological polar surface area (TPSA) is 98.6 Å². The van der Waals surface area contributed by atoms with Crippen LogP contribution in [0, 0.1) is 18.3 Å². The van der Waals surface area contributed by atoms with E-state index in [4.69, 9.17) is 5.26 Å². The van der Waals surface area contributed by atoms with Crippen LogP contribution in [0.3, 0.4) is 0 Å². The van der Waals surface area contributed by atoms with Crippen molar-refractivity contribution >= 4 is 10.0 Å². The number of H-pyrrole nitrogens is 1. The van der Waals surface area contributed by atoms with E-state index in [2.05, 4.69) is 14.9 Å². The van der Waals surface area contributed by atoms with Crippen molar-refractivity contribution in [3.63, 3.8) is 0 Å². The molecule has 1 aromatic heterocycles. The van der Waals surface area contributed by atoms with Gasteiger partial charge in [-0.25, -0.2) is 13.1 Å². The molecule has 0 spiro atoms. The van der Waals surface area contributed by atoms with Crippen molar-refractivity contribution in [2.24, 2.45) is 0 Å². The first-order valence-electron chi connectivity index (χ1n) is 4.44. The Bertz CT molecular complexity index is 457. The van der Waals surface area contributed by atoms with Gasteiger partial charge in [0, 0.05) is 13.0 Å². The molecule has 2 N–H and O–H groups in total. The molecule has 0 atom stereocenters. The molecule has 0 saturated heterocycles. The average molecular weight is 228 g/mol. The minimum absolute atomic E-state index is 0.152. The Hall–Kier alpha value is -1.39. The number of hydrogen-bond acceptors (Lipinski definition) is 4. The second-order valence-electron chi connectivity index (χ2n) is 3.02. The number of nitriles is 1. The Balaban J connectivity index is 2.62. The lowest BCUT2D eigenvalue weighted by Gasteiger charge is -2.03. The van der Waals surface area contributed by atoms with Crippen LogP contribution in [0.2, 0.25) is 0 Å². The summed E-state index contributed by atoms with van der Waals surface area (Å²) in [5.74, 6) is 0. The Morgan fingerprint density at radius 1 is 1.67 bits per heavy atom. The summed E-state index contributed by atoms with van der Waals surface area (Å²) in [6.07, 6.45) is 2.11. The summed E-state index contributed by atoms with van der Waals surface area (Å²) >= 11 is 0. The third kappa shape index (κ3) is 3.04. The quantitative estimate of drug-likeness (QED) is 0.708. The summed E-state index contributed by atoms with van der Waals surface area (Å²) < 4.78 is 25.6. The molecule has 15 heavy (non-hydrogen) atoms. The number of aromatic nitrogens is 2. The van der Waals surface area contributed by atoms with Gasteiger partial charge in [-0.15, -0.1) is 0 Å². The van der Waals surface area contributed by atoms with Crippen molar-refractivity contribution in [2.75, 3.05) is 6.54 Å². The van der Waals surface area contributed by atoms with E-state index in [1.807, 2.05) is 6.07 Å². The molecule has 0 fully saturated rings. The first kappa shape index (κ1) is 11.7. The highest BCUT2D eigenvalue weighted by molar-refractivity contribution is 7.89. The molecule has 0 radical (unpaired) electrons. The molecule has 0 aliphatic carbocycles. The number of unbranched alkanes of at least 4 members (excludes halogenated alkanes) is 1. The molecule has 0 aromatic carbocycles. The molecule has 1 heterocycles. The first-order valence-corrected chi connectivity index (χ1v) is 5.93. The van der Waals surface area contributed by atoms with Gasteiger partial charge in [0.05, 0.1) is 18.0 Å². The molecular weight excluding hydrogens is 216 g/mol. The average Bonchev–Trinajstić information content (AvgIpc) is 2.60. The maximum absolute atomic E-state index is 11.6. The normalized spacial score (nSPS) is 11.2. The van der Waals surface area contributed by atoms with Crippen LogP contribution < -0.4 is 4.72 Å². The van der Waals surface area contributed by atoms with Gasteiger partial charge in [-0.1, -0.05) is 0 Å². The number of aromatic amines is 1. The Kier molecular flexibility index (Phi) is 3.82. The summed E-state index contributed by atoms with van der Waals surface area (Å²) in [4.78, 5) is 0.152. The highest BCUT2D eigenvalue weighted by Crippen LogP contribution is 2.10. The molecule has 0 unspecified atom stereocenters. The van der Waals surface area contributed by atoms with Crippen LogP contribution in [0.15, 0.2) is 11.1 Å². The molecule has 0 saturated carbocycles. The number of nitrogens with zero attached hydrogens (tertiary/aromatic N) is 2. The van der Waals surface area contributed by atoms with Gasteiger partial charge in [-0.05, 0) is 13.3 Å². The lowest BCUT2D eigenvalue weighted by atomic mass is 10.3. The number of aryl methyl sites for hydroxylation is 1. The zero-order chi connectivity index (χ0) is 11.3. The maximum atomic E-state index is 11.6. The lowest BCUT2D eigenvalue weighted by molar-refractivity contribution is 0.579. The molecule has 0 amide bonds. The highest BCUT2D eigenvalue weighted by atomic mass is 32.2. The van der Waals surface area contributed by atoms with Crippen LogP contribution in [0.1, 0.15) is 18.5 Å². The van der Waals surface area contributed by atoms with E-state index in [-0.39, 0.29) is 11.4 Å². The highest BCUT2D eigenvalue weighted by Gasteiger charge is 2.17. The minimum atomic E-state index is -3.48. The van der Waals surface area contributed by atoms with Crippen molar-refractivity contribution < 1.29 is 8.42 Å². The van der Waals surface area contributed by atoms with Gasteiger partial charge in [-0.3, -0.25) is 5.10 Å². The van der Waals surface area contributed by atoms with Gasteiger partial charge in [0.1, 0.15) is 4.90 Å². The Morgan fingerprint density at radius 3 is 2.93 bits per heavy atom. The Morgan fingerprint density at radius 2 is 2.40 bits per heavy atom. The molecule has 1 rings (SSSR count). The van der Waals surface area contributed by atoms with Crippen LogP contribution in [-0.2, 0) is 10.0 Å². The molecule has 6 nitrogen and oxygen atoms in total. The van der Waals surface area contributed by atoms with E-state index in [0.717, 1.165) is 0 Å². The number of sulfonamides is 1. The van der Waals surface area contributed by atoms with E-state index < -0.39 is 10.0 Å². The van der Waals surface area contributed by atoms with Gasteiger partial charge >= 0.3 is 0 Å². The van der Waals surface area contributed by atoms with Crippen molar-refractivity contribution in [3.8, 4) is 6.07 Å². The third-order valence-electron chi connectivity index (χ3n) is 1.83. The molecule has 7 heteroatoms. The summed E-state index contributed by atoms with van der Waals surface area (Å²) in [6.45, 7) is 1.90. The zero-order valence-corrected chi connectivity index (χ0v) is 9.13. The molecule has 0 aliphatic rings. The summed E-state index contributed by atoms with van der Waals surface area (Å²) in [7, 11) is -3.48. The van der Waals surface area contributed by atoms with Gasteiger partial charge in [0.2, 0.25) is 10.0 Å². The largest absolute Gasteiger partial charge is 0.281 e. The fourth-order valence-electron chi connectivity index (χ4n) is 1.06. The number of rotatable bonds is 5. The van der Waals surface area contributed by atoms with E-state index in [0.29, 0.717) is 18.5 Å².